The number of aliphatic carboxylic acids is 1. The van der Waals surface area contributed by atoms with Crippen LogP contribution in [-0.2, 0) is 11.2 Å². The molecule has 0 spiro atoms. The van der Waals surface area contributed by atoms with Gasteiger partial charge in [0, 0.05) is 10.6 Å². The molecular weight excluding hydrogens is 267 g/mol. The van der Waals surface area contributed by atoms with Crippen molar-refractivity contribution in [3.05, 3.63) is 34.6 Å². The van der Waals surface area contributed by atoms with Crippen LogP contribution in [0.3, 0.4) is 0 Å². The molecule has 2 rings (SSSR count). The lowest BCUT2D eigenvalue weighted by molar-refractivity contribution is -0.149. The first-order valence-corrected chi connectivity index (χ1v) is 7.09. The molecule has 1 N–H and O–H groups in total. The van der Waals surface area contributed by atoms with Crippen molar-refractivity contribution >= 4 is 17.6 Å². The van der Waals surface area contributed by atoms with E-state index in [0.717, 1.165) is 25.7 Å². The summed E-state index contributed by atoms with van der Waals surface area (Å²) >= 11 is 6.02. The fourth-order valence-electron chi connectivity index (χ4n) is 2.91. The Bertz CT molecular complexity index is 445. The lowest BCUT2D eigenvalue weighted by Crippen LogP contribution is -2.33. The summed E-state index contributed by atoms with van der Waals surface area (Å²) in [6.07, 6.45) is 5.28. The van der Waals surface area contributed by atoms with Gasteiger partial charge in [0.1, 0.15) is 5.82 Å². The molecule has 1 aromatic rings. The van der Waals surface area contributed by atoms with Crippen LogP contribution < -0.4 is 0 Å². The third-order valence-corrected chi connectivity index (χ3v) is 4.45. The number of halogens is 2. The number of hydrogen-bond acceptors (Lipinski definition) is 1. The highest BCUT2D eigenvalue weighted by Gasteiger charge is 2.39. The molecule has 19 heavy (non-hydrogen) atoms. The van der Waals surface area contributed by atoms with E-state index in [1.165, 1.54) is 6.07 Å². The highest BCUT2D eigenvalue weighted by Crippen LogP contribution is 2.40. The summed E-state index contributed by atoms with van der Waals surface area (Å²) in [4.78, 5) is 11.7. The van der Waals surface area contributed by atoms with Crippen molar-refractivity contribution in [3.8, 4) is 0 Å². The van der Waals surface area contributed by atoms with Crippen LogP contribution in [0.4, 0.5) is 4.39 Å². The van der Waals surface area contributed by atoms with Crippen LogP contribution in [0.25, 0.3) is 0 Å². The molecule has 4 heteroatoms. The maximum absolute atomic E-state index is 13.9. The van der Waals surface area contributed by atoms with E-state index in [0.29, 0.717) is 23.4 Å². The zero-order valence-corrected chi connectivity index (χ0v) is 11.5. The summed E-state index contributed by atoms with van der Waals surface area (Å²) in [7, 11) is 0. The van der Waals surface area contributed by atoms with Crippen LogP contribution in [0, 0.1) is 11.2 Å². The van der Waals surface area contributed by atoms with Gasteiger partial charge in [0.2, 0.25) is 0 Å². The Morgan fingerprint density at radius 2 is 1.89 bits per heavy atom. The van der Waals surface area contributed by atoms with Gasteiger partial charge in [-0.05, 0) is 31.4 Å². The van der Waals surface area contributed by atoms with Crippen molar-refractivity contribution in [2.24, 2.45) is 5.41 Å². The first-order chi connectivity index (χ1) is 9.05. The Hall–Kier alpha value is -1.09. The van der Waals surface area contributed by atoms with Gasteiger partial charge in [0.05, 0.1) is 5.41 Å². The van der Waals surface area contributed by atoms with Crippen LogP contribution in [0.5, 0.6) is 0 Å². The topological polar surface area (TPSA) is 37.3 Å². The molecule has 0 heterocycles. The smallest absolute Gasteiger partial charge is 0.309 e. The van der Waals surface area contributed by atoms with Gasteiger partial charge >= 0.3 is 5.97 Å². The highest BCUT2D eigenvalue weighted by atomic mass is 35.5. The van der Waals surface area contributed by atoms with Gasteiger partial charge in [-0.15, -0.1) is 0 Å². The predicted octanol–water partition coefficient (Wildman–Crippen LogP) is 4.45. The average Bonchev–Trinajstić information content (AvgIpc) is 2.60. The molecule has 0 atom stereocenters. The Morgan fingerprint density at radius 3 is 2.42 bits per heavy atom. The van der Waals surface area contributed by atoms with E-state index < -0.39 is 17.2 Å². The van der Waals surface area contributed by atoms with E-state index in [2.05, 4.69) is 0 Å². The van der Waals surface area contributed by atoms with Gasteiger partial charge in [-0.1, -0.05) is 43.4 Å². The molecule has 1 saturated carbocycles. The Kier molecular flexibility index (Phi) is 4.46. The van der Waals surface area contributed by atoms with Crippen LogP contribution >= 0.6 is 11.6 Å². The van der Waals surface area contributed by atoms with Crippen LogP contribution in [0.2, 0.25) is 5.02 Å². The van der Waals surface area contributed by atoms with Crippen molar-refractivity contribution < 1.29 is 14.3 Å². The largest absolute Gasteiger partial charge is 0.481 e. The molecule has 0 unspecified atom stereocenters. The third kappa shape index (κ3) is 3.08. The number of rotatable bonds is 3. The minimum atomic E-state index is -0.859. The number of carboxylic acid groups (broad SMARTS) is 1. The molecule has 0 radical (unpaired) electrons. The van der Waals surface area contributed by atoms with Crippen molar-refractivity contribution in [3.63, 3.8) is 0 Å². The monoisotopic (exact) mass is 284 g/mol. The van der Waals surface area contributed by atoms with Gasteiger partial charge in [0.25, 0.3) is 0 Å². The molecular formula is C15H18ClFO2. The second-order valence-corrected chi connectivity index (χ2v) is 5.78. The molecule has 0 aromatic heterocycles. The maximum atomic E-state index is 13.9. The fraction of sp³-hybridized carbons (Fsp3) is 0.533. The summed E-state index contributed by atoms with van der Waals surface area (Å²) in [6.45, 7) is 0. The van der Waals surface area contributed by atoms with Crippen molar-refractivity contribution in [2.45, 2.75) is 44.9 Å². The maximum Gasteiger partial charge on any atom is 0.309 e. The minimum Gasteiger partial charge on any atom is -0.481 e. The number of carbonyl (C=O) groups is 1. The van der Waals surface area contributed by atoms with Crippen molar-refractivity contribution in [2.75, 3.05) is 0 Å². The van der Waals surface area contributed by atoms with Gasteiger partial charge in [-0.25, -0.2) is 4.39 Å². The first-order valence-electron chi connectivity index (χ1n) is 6.71. The quantitative estimate of drug-likeness (QED) is 0.833. The summed E-state index contributed by atoms with van der Waals surface area (Å²) < 4.78 is 13.9. The van der Waals surface area contributed by atoms with Crippen LogP contribution in [-0.4, -0.2) is 11.1 Å². The second-order valence-electron chi connectivity index (χ2n) is 5.38. The van der Waals surface area contributed by atoms with E-state index in [9.17, 15) is 14.3 Å². The van der Waals surface area contributed by atoms with Gasteiger partial charge < -0.3 is 5.11 Å². The Balaban J connectivity index is 2.33. The molecule has 104 valence electrons. The van der Waals surface area contributed by atoms with Crippen LogP contribution in [0.15, 0.2) is 18.2 Å². The first kappa shape index (κ1) is 14.3. The molecule has 0 bridgehead atoms. The van der Waals surface area contributed by atoms with Crippen molar-refractivity contribution in [1.82, 2.24) is 0 Å². The van der Waals surface area contributed by atoms with E-state index in [-0.39, 0.29) is 6.42 Å². The van der Waals surface area contributed by atoms with Gasteiger partial charge in [-0.3, -0.25) is 4.79 Å². The Morgan fingerprint density at radius 1 is 1.26 bits per heavy atom. The molecule has 1 aliphatic rings. The lowest BCUT2D eigenvalue weighted by atomic mass is 9.75. The lowest BCUT2D eigenvalue weighted by Gasteiger charge is -2.28. The van der Waals surface area contributed by atoms with Crippen molar-refractivity contribution in [1.29, 1.82) is 0 Å². The number of benzene rings is 1. The van der Waals surface area contributed by atoms with Gasteiger partial charge in [-0.2, -0.15) is 0 Å². The SMILES string of the molecule is O=C(O)C1(Cc2c(F)cccc2Cl)CCCCCC1. The summed E-state index contributed by atoms with van der Waals surface area (Å²) in [6, 6.07) is 4.50. The minimum absolute atomic E-state index is 0.188. The molecule has 0 amide bonds. The van der Waals surface area contributed by atoms with E-state index in [1.54, 1.807) is 12.1 Å². The molecule has 1 fully saturated rings. The molecule has 1 aromatic carbocycles. The van der Waals surface area contributed by atoms with E-state index in [4.69, 9.17) is 11.6 Å². The predicted molar refractivity (Wildman–Crippen MR) is 72.9 cm³/mol. The molecule has 1 aliphatic carbocycles. The zero-order chi connectivity index (χ0) is 13.9. The number of carboxylic acids is 1. The normalized spacial score (nSPS) is 18.8. The Labute approximate surface area is 117 Å². The van der Waals surface area contributed by atoms with E-state index in [1.807, 2.05) is 0 Å². The summed E-state index contributed by atoms with van der Waals surface area (Å²) in [5.74, 6) is -1.23. The van der Waals surface area contributed by atoms with E-state index >= 15 is 0 Å². The number of hydrogen-bond donors (Lipinski definition) is 1. The standard InChI is InChI=1S/C15H18ClFO2/c16-12-6-5-7-13(17)11(12)10-15(14(18)19)8-3-1-2-4-9-15/h5-7H,1-4,8-10H2,(H,18,19). The molecule has 0 aliphatic heterocycles. The molecule has 0 saturated heterocycles. The molecule has 2 nitrogen and oxygen atoms in total. The third-order valence-electron chi connectivity index (χ3n) is 4.09. The van der Waals surface area contributed by atoms with Gasteiger partial charge in [0.15, 0.2) is 0 Å². The fourth-order valence-corrected chi connectivity index (χ4v) is 3.14. The van der Waals surface area contributed by atoms with Crippen LogP contribution in [0.1, 0.15) is 44.1 Å². The highest BCUT2D eigenvalue weighted by molar-refractivity contribution is 6.31. The summed E-state index contributed by atoms with van der Waals surface area (Å²) in [5.41, 5.74) is -0.518. The second kappa shape index (κ2) is 5.91. The summed E-state index contributed by atoms with van der Waals surface area (Å²) in [5, 5.41) is 9.92. The zero-order valence-electron chi connectivity index (χ0n) is 10.8. The average molecular weight is 285 g/mol.